The molecule has 10 nitrogen and oxygen atoms in total. The summed E-state index contributed by atoms with van der Waals surface area (Å²) in [6.07, 6.45) is 9.57. The fourth-order valence-electron chi connectivity index (χ4n) is 1.76. The number of amides is 2. The lowest BCUT2D eigenvalue weighted by Gasteiger charge is -2.07. The van der Waals surface area contributed by atoms with E-state index >= 15 is 0 Å². The summed E-state index contributed by atoms with van der Waals surface area (Å²) in [5.74, 6) is -0.834. The molecule has 0 aliphatic heterocycles. The molecular formula is C12H12N8O2. The highest BCUT2D eigenvalue weighted by atomic mass is 16.2. The number of nitrogens with zero attached hydrogens (tertiary/aromatic N) is 6. The third kappa shape index (κ3) is 3.06. The lowest BCUT2D eigenvalue weighted by atomic mass is 10.4. The van der Waals surface area contributed by atoms with E-state index in [1.165, 1.54) is 18.7 Å². The topological polar surface area (TPSA) is 119 Å². The van der Waals surface area contributed by atoms with Gasteiger partial charge in [-0.15, -0.1) is 10.2 Å². The highest BCUT2D eigenvalue weighted by molar-refractivity contribution is 5.93. The van der Waals surface area contributed by atoms with Crippen LogP contribution >= 0.6 is 0 Å². The van der Waals surface area contributed by atoms with Gasteiger partial charge in [0.05, 0.1) is 12.5 Å². The number of fused-ring (bicyclic) bond motifs is 1. The molecule has 3 aromatic heterocycles. The van der Waals surface area contributed by atoms with E-state index in [0.29, 0.717) is 12.2 Å². The third-order valence-electron chi connectivity index (χ3n) is 2.89. The highest BCUT2D eigenvalue weighted by Crippen LogP contribution is 1.98. The van der Waals surface area contributed by atoms with Gasteiger partial charge in [0, 0.05) is 31.6 Å². The van der Waals surface area contributed by atoms with Crippen LogP contribution in [0, 0.1) is 0 Å². The van der Waals surface area contributed by atoms with Gasteiger partial charge in [0.2, 0.25) is 5.91 Å². The van der Waals surface area contributed by atoms with Crippen molar-refractivity contribution in [2.45, 2.75) is 13.0 Å². The second-order valence-corrected chi connectivity index (χ2v) is 4.42. The van der Waals surface area contributed by atoms with Gasteiger partial charge in [-0.2, -0.15) is 0 Å². The first kappa shape index (κ1) is 13.7. The van der Waals surface area contributed by atoms with E-state index in [1.807, 2.05) is 0 Å². The zero-order chi connectivity index (χ0) is 15.4. The number of nitrogens with one attached hydrogen (secondary N) is 2. The largest absolute Gasteiger partial charge is 0.337 e. The predicted molar refractivity (Wildman–Crippen MR) is 73.2 cm³/mol. The Labute approximate surface area is 124 Å². The molecule has 0 saturated heterocycles. The van der Waals surface area contributed by atoms with Crippen molar-refractivity contribution in [3.05, 3.63) is 43.1 Å². The normalized spacial score (nSPS) is 10.5. The zero-order valence-corrected chi connectivity index (χ0v) is 11.4. The summed E-state index contributed by atoms with van der Waals surface area (Å²) < 4.78 is 3.33. The summed E-state index contributed by atoms with van der Waals surface area (Å²) in [6.45, 7) is 0.479. The number of carbonyl (C=O) groups is 2. The molecular weight excluding hydrogens is 288 g/mol. The van der Waals surface area contributed by atoms with E-state index in [1.54, 1.807) is 27.7 Å². The lowest BCUT2D eigenvalue weighted by molar-refractivity contribution is -0.122. The maximum absolute atomic E-state index is 11.9. The molecule has 2 amide bonds. The molecule has 3 heterocycles. The minimum Gasteiger partial charge on any atom is -0.337 e. The molecule has 0 unspecified atom stereocenters. The van der Waals surface area contributed by atoms with Crippen molar-refractivity contribution in [1.82, 2.24) is 40.0 Å². The van der Waals surface area contributed by atoms with Gasteiger partial charge in [-0.1, -0.05) is 0 Å². The number of imidazole rings is 1. The van der Waals surface area contributed by atoms with Gasteiger partial charge in [-0.05, 0) is 0 Å². The molecule has 0 bridgehead atoms. The van der Waals surface area contributed by atoms with E-state index in [-0.39, 0.29) is 18.0 Å². The molecule has 3 rings (SSSR count). The first-order valence-corrected chi connectivity index (χ1v) is 6.43. The van der Waals surface area contributed by atoms with Crippen LogP contribution < -0.4 is 10.9 Å². The quantitative estimate of drug-likeness (QED) is 0.607. The highest BCUT2D eigenvalue weighted by Gasteiger charge is 2.10. The van der Waals surface area contributed by atoms with Crippen LogP contribution in [0.4, 0.5) is 0 Å². The number of carbonyl (C=O) groups excluding carboxylic acids is 2. The van der Waals surface area contributed by atoms with E-state index in [2.05, 4.69) is 31.0 Å². The summed E-state index contributed by atoms with van der Waals surface area (Å²) in [5.41, 5.74) is 5.31. The molecule has 0 radical (unpaired) electrons. The van der Waals surface area contributed by atoms with Crippen LogP contribution in [0.5, 0.6) is 0 Å². The lowest BCUT2D eigenvalue weighted by Crippen LogP contribution is -2.42. The Balaban J connectivity index is 1.51. The Morgan fingerprint density at radius 1 is 1.23 bits per heavy atom. The average Bonchev–Trinajstić information content (AvgIpc) is 3.20. The molecule has 0 fully saturated rings. The van der Waals surface area contributed by atoms with Crippen molar-refractivity contribution in [3.8, 4) is 0 Å². The first-order chi connectivity index (χ1) is 10.7. The number of hydrogen-bond acceptors (Lipinski definition) is 6. The van der Waals surface area contributed by atoms with Crippen molar-refractivity contribution in [1.29, 1.82) is 0 Å². The van der Waals surface area contributed by atoms with E-state index in [9.17, 15) is 9.59 Å². The molecule has 0 aliphatic rings. The smallest absolute Gasteiger partial charge is 0.289 e. The van der Waals surface area contributed by atoms with Gasteiger partial charge in [-0.3, -0.25) is 24.8 Å². The number of hydrazine groups is 1. The predicted octanol–water partition coefficient (Wildman–Crippen LogP) is -0.828. The van der Waals surface area contributed by atoms with Crippen molar-refractivity contribution >= 4 is 17.5 Å². The summed E-state index contributed by atoms with van der Waals surface area (Å²) in [4.78, 5) is 31.3. The Morgan fingerprint density at radius 2 is 2.14 bits per heavy atom. The SMILES string of the molecule is O=C(CCn1ccnc1)NNC(=O)c1cn2cnnc2cn1. The Hall–Kier alpha value is -3.30. The molecule has 0 aliphatic carbocycles. The summed E-state index contributed by atoms with van der Waals surface area (Å²) >= 11 is 0. The van der Waals surface area contributed by atoms with E-state index in [0.717, 1.165) is 0 Å². The molecule has 2 N–H and O–H groups in total. The summed E-state index contributed by atoms with van der Waals surface area (Å²) in [6, 6.07) is 0. The summed E-state index contributed by atoms with van der Waals surface area (Å²) in [5, 5.41) is 7.47. The molecule has 112 valence electrons. The number of aryl methyl sites for hydroxylation is 1. The van der Waals surface area contributed by atoms with Crippen molar-refractivity contribution < 1.29 is 9.59 Å². The minimum atomic E-state index is -0.522. The van der Waals surface area contributed by atoms with E-state index in [4.69, 9.17) is 0 Å². The van der Waals surface area contributed by atoms with Crippen molar-refractivity contribution in [2.75, 3.05) is 0 Å². The van der Waals surface area contributed by atoms with Crippen molar-refractivity contribution in [3.63, 3.8) is 0 Å². The van der Waals surface area contributed by atoms with Gasteiger partial charge < -0.3 is 4.57 Å². The van der Waals surface area contributed by atoms with Gasteiger partial charge >= 0.3 is 0 Å². The fourth-order valence-corrected chi connectivity index (χ4v) is 1.76. The minimum absolute atomic E-state index is 0.141. The van der Waals surface area contributed by atoms with Crippen LogP contribution in [0.2, 0.25) is 0 Å². The number of aromatic nitrogens is 6. The van der Waals surface area contributed by atoms with Crippen LogP contribution in [0.1, 0.15) is 16.9 Å². The second-order valence-electron chi connectivity index (χ2n) is 4.42. The monoisotopic (exact) mass is 300 g/mol. The van der Waals surface area contributed by atoms with Gasteiger partial charge in [0.15, 0.2) is 5.65 Å². The molecule has 22 heavy (non-hydrogen) atoms. The molecule has 0 atom stereocenters. The summed E-state index contributed by atoms with van der Waals surface area (Å²) in [7, 11) is 0. The fraction of sp³-hybridized carbons (Fsp3) is 0.167. The molecule has 0 aromatic carbocycles. The first-order valence-electron chi connectivity index (χ1n) is 6.43. The van der Waals surface area contributed by atoms with Gasteiger partial charge in [-0.25, -0.2) is 9.97 Å². The third-order valence-corrected chi connectivity index (χ3v) is 2.89. The number of hydrogen-bond donors (Lipinski definition) is 2. The molecule has 0 saturated carbocycles. The zero-order valence-electron chi connectivity index (χ0n) is 11.4. The molecule has 0 spiro atoms. The van der Waals surface area contributed by atoms with Gasteiger partial charge in [0.25, 0.3) is 5.91 Å². The van der Waals surface area contributed by atoms with Crippen LogP contribution in [-0.2, 0) is 11.3 Å². The van der Waals surface area contributed by atoms with Crippen LogP contribution in [-0.4, -0.2) is 40.9 Å². The van der Waals surface area contributed by atoms with Gasteiger partial charge in [0.1, 0.15) is 12.0 Å². The van der Waals surface area contributed by atoms with Crippen LogP contribution in [0.25, 0.3) is 5.65 Å². The Bertz CT molecular complexity index is 794. The standard InChI is InChI=1S/C12H12N8O2/c21-11(1-3-19-4-2-13-7-19)17-18-12(22)9-6-20-8-15-16-10(20)5-14-9/h2,4-8H,1,3H2,(H,17,21)(H,18,22). The van der Waals surface area contributed by atoms with Crippen LogP contribution in [0.15, 0.2) is 37.4 Å². The van der Waals surface area contributed by atoms with Crippen molar-refractivity contribution in [2.24, 2.45) is 0 Å². The maximum atomic E-state index is 11.9. The maximum Gasteiger partial charge on any atom is 0.289 e. The van der Waals surface area contributed by atoms with Crippen LogP contribution in [0.3, 0.4) is 0 Å². The molecule has 3 aromatic rings. The average molecular weight is 300 g/mol. The Kier molecular flexibility index (Phi) is 3.72. The second kappa shape index (κ2) is 5.99. The number of rotatable bonds is 4. The van der Waals surface area contributed by atoms with E-state index < -0.39 is 5.91 Å². The molecule has 10 heteroatoms. The Morgan fingerprint density at radius 3 is 2.95 bits per heavy atom.